The monoisotopic (exact) mass is 502 g/mol. The summed E-state index contributed by atoms with van der Waals surface area (Å²) in [5.74, 6) is 0.991. The number of H-pyrrole nitrogens is 1. The second kappa shape index (κ2) is 10.6. The Morgan fingerprint density at radius 2 is 2.03 bits per heavy atom. The Morgan fingerprint density at radius 3 is 2.76 bits per heavy atom. The fourth-order valence-electron chi connectivity index (χ4n) is 5.71. The van der Waals surface area contributed by atoms with E-state index in [-0.39, 0.29) is 12.5 Å². The number of carbonyl (C=O) groups excluding carboxylic acids is 1. The van der Waals surface area contributed by atoms with Crippen molar-refractivity contribution >= 4 is 22.5 Å². The van der Waals surface area contributed by atoms with Gasteiger partial charge in [-0.25, -0.2) is 9.50 Å². The SMILES string of the molecule is Cc1cc(-c2[nH]c3ccc(C4CCN(CC(=O)N(C)CCCO)CC4)cc3c2C(C)C)cn2ncnc12. The number of amides is 1. The molecule has 5 rings (SSSR count). The number of carbonyl (C=O) groups is 1. The Labute approximate surface area is 218 Å². The van der Waals surface area contributed by atoms with Gasteiger partial charge >= 0.3 is 0 Å². The van der Waals surface area contributed by atoms with Gasteiger partial charge in [0.25, 0.3) is 0 Å². The largest absolute Gasteiger partial charge is 0.396 e. The summed E-state index contributed by atoms with van der Waals surface area (Å²) in [6, 6.07) is 9.08. The van der Waals surface area contributed by atoms with Crippen molar-refractivity contribution in [1.82, 2.24) is 29.4 Å². The summed E-state index contributed by atoms with van der Waals surface area (Å²) < 4.78 is 1.86. The lowest BCUT2D eigenvalue weighted by Gasteiger charge is -2.32. The molecule has 0 unspecified atom stereocenters. The van der Waals surface area contributed by atoms with Crippen LogP contribution in [0.2, 0.25) is 0 Å². The van der Waals surface area contributed by atoms with Crippen LogP contribution in [0.5, 0.6) is 0 Å². The van der Waals surface area contributed by atoms with E-state index in [1.54, 1.807) is 11.2 Å². The van der Waals surface area contributed by atoms with Crippen molar-refractivity contribution in [3.8, 4) is 11.3 Å². The summed E-state index contributed by atoms with van der Waals surface area (Å²) in [5, 5.41) is 14.7. The third-order valence-corrected chi connectivity index (χ3v) is 7.78. The van der Waals surface area contributed by atoms with E-state index in [1.807, 2.05) is 11.6 Å². The number of hydrogen-bond acceptors (Lipinski definition) is 5. The topological polar surface area (TPSA) is 89.8 Å². The smallest absolute Gasteiger partial charge is 0.236 e. The first-order chi connectivity index (χ1) is 17.9. The van der Waals surface area contributed by atoms with E-state index in [9.17, 15) is 4.79 Å². The van der Waals surface area contributed by atoms with Crippen molar-refractivity contribution in [2.24, 2.45) is 0 Å². The Hall–Kier alpha value is -3.23. The molecule has 196 valence electrons. The molecule has 2 N–H and O–H groups in total. The summed E-state index contributed by atoms with van der Waals surface area (Å²) in [7, 11) is 1.82. The molecule has 0 saturated carbocycles. The number of aromatic amines is 1. The first-order valence-electron chi connectivity index (χ1n) is 13.4. The molecule has 4 aromatic rings. The van der Waals surface area contributed by atoms with Crippen molar-refractivity contribution in [2.75, 3.05) is 39.8 Å². The standard InChI is InChI=1S/C29H38N6O2/c1-19(2)27-24-15-22(21-8-11-34(12-9-21)17-26(37)33(4)10-5-13-36)6-7-25(24)32-28(27)23-14-20(3)29-30-18-31-35(29)16-23/h6-7,14-16,18-19,21,32,36H,5,8-13,17H2,1-4H3. The van der Waals surface area contributed by atoms with Gasteiger partial charge in [-0.1, -0.05) is 19.9 Å². The van der Waals surface area contributed by atoms with Crippen LogP contribution in [0.4, 0.5) is 0 Å². The highest BCUT2D eigenvalue weighted by Crippen LogP contribution is 2.38. The fraction of sp³-hybridized carbons (Fsp3) is 0.483. The second-order valence-corrected chi connectivity index (χ2v) is 10.8. The molecule has 37 heavy (non-hydrogen) atoms. The lowest BCUT2D eigenvalue weighted by Crippen LogP contribution is -2.42. The number of aliphatic hydroxyl groups excluding tert-OH is 1. The number of piperidine rings is 1. The summed E-state index contributed by atoms with van der Waals surface area (Å²) in [6.07, 6.45) is 6.39. The summed E-state index contributed by atoms with van der Waals surface area (Å²) in [4.78, 5) is 24.6. The summed E-state index contributed by atoms with van der Waals surface area (Å²) in [6.45, 7) is 9.63. The highest BCUT2D eigenvalue weighted by atomic mass is 16.3. The van der Waals surface area contributed by atoms with Crippen LogP contribution in [0.1, 0.15) is 61.6 Å². The third kappa shape index (κ3) is 5.13. The van der Waals surface area contributed by atoms with E-state index in [0.29, 0.717) is 31.3 Å². The molecule has 1 aromatic carbocycles. The molecule has 3 aromatic heterocycles. The molecular weight excluding hydrogens is 464 g/mol. The van der Waals surface area contributed by atoms with Crippen molar-refractivity contribution in [3.63, 3.8) is 0 Å². The van der Waals surface area contributed by atoms with Gasteiger partial charge in [-0.2, -0.15) is 5.10 Å². The zero-order valence-corrected chi connectivity index (χ0v) is 22.4. The number of likely N-dealkylation sites (tertiary alicyclic amines) is 1. The molecule has 0 aliphatic carbocycles. The van der Waals surface area contributed by atoms with E-state index in [4.69, 9.17) is 5.11 Å². The fourth-order valence-corrected chi connectivity index (χ4v) is 5.71. The molecule has 1 amide bonds. The molecule has 1 aliphatic heterocycles. The number of likely N-dealkylation sites (N-methyl/N-ethyl adjacent to an activating group) is 1. The molecule has 0 atom stereocenters. The van der Waals surface area contributed by atoms with Crippen LogP contribution in [0.25, 0.3) is 27.8 Å². The average Bonchev–Trinajstić information content (AvgIpc) is 3.52. The first kappa shape index (κ1) is 25.4. The van der Waals surface area contributed by atoms with Crippen LogP contribution < -0.4 is 0 Å². The van der Waals surface area contributed by atoms with Crippen LogP contribution in [-0.2, 0) is 4.79 Å². The molecule has 4 heterocycles. The summed E-state index contributed by atoms with van der Waals surface area (Å²) >= 11 is 0. The van der Waals surface area contributed by atoms with Gasteiger partial charge in [0, 0.05) is 42.9 Å². The van der Waals surface area contributed by atoms with E-state index in [0.717, 1.165) is 53.9 Å². The van der Waals surface area contributed by atoms with Gasteiger partial charge in [-0.3, -0.25) is 9.69 Å². The second-order valence-electron chi connectivity index (χ2n) is 10.8. The Morgan fingerprint density at radius 1 is 1.24 bits per heavy atom. The number of aliphatic hydroxyl groups is 1. The lowest BCUT2D eigenvalue weighted by molar-refractivity contribution is -0.131. The van der Waals surface area contributed by atoms with Crippen LogP contribution in [0.3, 0.4) is 0 Å². The van der Waals surface area contributed by atoms with Gasteiger partial charge in [-0.05, 0) is 86.0 Å². The number of nitrogens with one attached hydrogen (secondary N) is 1. The van der Waals surface area contributed by atoms with E-state index < -0.39 is 0 Å². The first-order valence-corrected chi connectivity index (χ1v) is 13.4. The average molecular weight is 503 g/mol. The maximum Gasteiger partial charge on any atom is 0.236 e. The van der Waals surface area contributed by atoms with E-state index in [2.05, 4.69) is 71.2 Å². The van der Waals surface area contributed by atoms with E-state index >= 15 is 0 Å². The minimum absolute atomic E-state index is 0.116. The molecule has 1 aliphatic rings. The minimum atomic E-state index is 0.116. The number of hydrogen-bond donors (Lipinski definition) is 2. The molecule has 1 saturated heterocycles. The Bertz CT molecular complexity index is 1400. The molecule has 0 spiro atoms. The number of rotatable bonds is 8. The van der Waals surface area contributed by atoms with Crippen molar-refractivity contribution in [1.29, 1.82) is 0 Å². The quantitative estimate of drug-likeness (QED) is 0.374. The van der Waals surface area contributed by atoms with Gasteiger partial charge < -0.3 is 15.0 Å². The predicted molar refractivity (Wildman–Crippen MR) is 147 cm³/mol. The molecule has 0 radical (unpaired) electrons. The number of pyridine rings is 1. The van der Waals surface area contributed by atoms with Crippen molar-refractivity contribution in [3.05, 3.63) is 53.5 Å². The Kier molecular flexibility index (Phi) is 7.31. The van der Waals surface area contributed by atoms with Gasteiger partial charge in [-0.15, -0.1) is 0 Å². The number of aryl methyl sites for hydroxylation is 1. The highest BCUT2D eigenvalue weighted by molar-refractivity contribution is 5.92. The number of aromatic nitrogens is 4. The number of fused-ring (bicyclic) bond motifs is 2. The molecule has 1 fully saturated rings. The van der Waals surface area contributed by atoms with E-state index in [1.165, 1.54) is 16.5 Å². The lowest BCUT2D eigenvalue weighted by atomic mass is 9.87. The zero-order chi connectivity index (χ0) is 26.1. The number of benzene rings is 1. The number of nitrogens with zero attached hydrogens (tertiary/aromatic N) is 5. The summed E-state index contributed by atoms with van der Waals surface area (Å²) in [5.41, 5.74) is 8.15. The maximum absolute atomic E-state index is 12.5. The van der Waals surface area contributed by atoms with Crippen LogP contribution in [0, 0.1) is 6.92 Å². The van der Waals surface area contributed by atoms with Crippen LogP contribution in [0.15, 0.2) is 36.8 Å². The molecule has 8 nitrogen and oxygen atoms in total. The normalized spacial score (nSPS) is 15.3. The maximum atomic E-state index is 12.5. The minimum Gasteiger partial charge on any atom is -0.396 e. The van der Waals surface area contributed by atoms with Gasteiger partial charge in [0.05, 0.1) is 12.2 Å². The zero-order valence-electron chi connectivity index (χ0n) is 22.4. The van der Waals surface area contributed by atoms with Gasteiger partial charge in [0.2, 0.25) is 5.91 Å². The third-order valence-electron chi connectivity index (χ3n) is 7.78. The highest BCUT2D eigenvalue weighted by Gasteiger charge is 2.24. The predicted octanol–water partition coefficient (Wildman–Crippen LogP) is 4.33. The van der Waals surface area contributed by atoms with Crippen molar-refractivity contribution in [2.45, 2.75) is 51.9 Å². The van der Waals surface area contributed by atoms with Crippen LogP contribution in [-0.4, -0.2) is 80.2 Å². The molecular formula is C29H38N6O2. The van der Waals surface area contributed by atoms with Crippen molar-refractivity contribution < 1.29 is 9.90 Å². The molecule has 0 bridgehead atoms. The van der Waals surface area contributed by atoms with Crippen LogP contribution >= 0.6 is 0 Å². The van der Waals surface area contributed by atoms with Gasteiger partial charge in [0.1, 0.15) is 6.33 Å². The van der Waals surface area contributed by atoms with Gasteiger partial charge in [0.15, 0.2) is 5.65 Å². The molecule has 8 heteroatoms. The Balaban J connectivity index is 1.36.